The van der Waals surface area contributed by atoms with Crippen molar-refractivity contribution < 1.29 is 14.4 Å². The predicted molar refractivity (Wildman–Crippen MR) is 65.9 cm³/mol. The van der Waals surface area contributed by atoms with Gasteiger partial charge >= 0.3 is 7.12 Å². The van der Waals surface area contributed by atoms with Gasteiger partial charge in [0, 0.05) is 37.3 Å². The van der Waals surface area contributed by atoms with E-state index in [1.54, 1.807) is 6.07 Å². The highest BCUT2D eigenvalue weighted by molar-refractivity contribution is 6.58. The second kappa shape index (κ2) is 5.04. The summed E-state index contributed by atoms with van der Waals surface area (Å²) >= 11 is 0. The van der Waals surface area contributed by atoms with Crippen LogP contribution in [0, 0.1) is 5.82 Å². The minimum atomic E-state index is -1.76. The summed E-state index contributed by atoms with van der Waals surface area (Å²) in [6.45, 7) is 3.63. The molecule has 92 valence electrons. The fraction of sp³-hybridized carbons (Fsp3) is 0.455. The lowest BCUT2D eigenvalue weighted by molar-refractivity contribution is 0.313. The van der Waals surface area contributed by atoms with Gasteiger partial charge in [-0.3, -0.25) is 0 Å². The Hall–Kier alpha value is -1.11. The average molecular weight is 238 g/mol. The van der Waals surface area contributed by atoms with Crippen LogP contribution >= 0.6 is 0 Å². The van der Waals surface area contributed by atoms with Crippen LogP contribution in [0.5, 0.6) is 0 Å². The molecule has 0 aromatic heterocycles. The molecule has 6 heteroatoms. The fourth-order valence-corrected chi connectivity index (χ4v) is 1.99. The molecule has 1 saturated heterocycles. The van der Waals surface area contributed by atoms with Crippen molar-refractivity contribution in [2.45, 2.75) is 0 Å². The lowest BCUT2D eigenvalue weighted by Gasteiger charge is -2.34. The van der Waals surface area contributed by atoms with Gasteiger partial charge in [0.05, 0.1) is 0 Å². The van der Waals surface area contributed by atoms with E-state index in [9.17, 15) is 4.39 Å². The van der Waals surface area contributed by atoms with E-state index in [0.29, 0.717) is 0 Å². The van der Waals surface area contributed by atoms with Crippen molar-refractivity contribution in [3.63, 3.8) is 0 Å². The molecular formula is C11H16BFN2O2. The molecule has 0 aliphatic carbocycles. The molecule has 1 aromatic rings. The first-order valence-electron chi connectivity index (χ1n) is 5.67. The van der Waals surface area contributed by atoms with E-state index in [4.69, 9.17) is 10.0 Å². The third kappa shape index (κ3) is 2.77. The summed E-state index contributed by atoms with van der Waals surface area (Å²) in [7, 11) is 0.299. The standard InChI is InChI=1S/C11H16BFN2O2/c1-14-4-6-15(7-5-14)9-2-3-11(13)10(8-9)12(16)17/h2-3,8,16-17H,4-7H2,1H3. The lowest BCUT2D eigenvalue weighted by atomic mass is 9.79. The van der Waals surface area contributed by atoms with Gasteiger partial charge in [-0.2, -0.15) is 0 Å². The van der Waals surface area contributed by atoms with E-state index in [1.165, 1.54) is 12.1 Å². The van der Waals surface area contributed by atoms with Crippen molar-refractivity contribution >= 4 is 18.3 Å². The average Bonchev–Trinajstić information content (AvgIpc) is 2.30. The Morgan fingerprint density at radius 3 is 2.41 bits per heavy atom. The number of hydrogen-bond acceptors (Lipinski definition) is 4. The maximum Gasteiger partial charge on any atom is 0.491 e. The summed E-state index contributed by atoms with van der Waals surface area (Å²) < 4.78 is 13.3. The van der Waals surface area contributed by atoms with E-state index in [-0.39, 0.29) is 5.46 Å². The molecule has 0 bridgehead atoms. The third-order valence-electron chi connectivity index (χ3n) is 3.13. The smallest absolute Gasteiger partial charge is 0.423 e. The molecule has 1 aromatic carbocycles. The summed E-state index contributed by atoms with van der Waals surface area (Å²) in [5.41, 5.74) is 0.768. The van der Waals surface area contributed by atoms with Crippen LogP contribution < -0.4 is 10.4 Å². The van der Waals surface area contributed by atoms with Crippen LogP contribution in [-0.2, 0) is 0 Å². The van der Waals surface area contributed by atoms with Crippen molar-refractivity contribution in [1.29, 1.82) is 0 Å². The summed E-state index contributed by atoms with van der Waals surface area (Å²) in [5.74, 6) is -0.585. The second-order valence-corrected chi connectivity index (χ2v) is 4.37. The molecule has 2 N–H and O–H groups in total. The van der Waals surface area contributed by atoms with Gasteiger partial charge in [-0.1, -0.05) is 0 Å². The number of benzene rings is 1. The number of halogens is 1. The Balaban J connectivity index is 2.19. The number of piperazine rings is 1. The van der Waals surface area contributed by atoms with Crippen LogP contribution in [0.25, 0.3) is 0 Å². The highest BCUT2D eigenvalue weighted by atomic mass is 19.1. The monoisotopic (exact) mass is 238 g/mol. The van der Waals surface area contributed by atoms with Gasteiger partial charge in [0.1, 0.15) is 5.82 Å². The summed E-state index contributed by atoms with van der Waals surface area (Å²) in [6.07, 6.45) is 0. The molecule has 0 atom stereocenters. The first-order valence-corrected chi connectivity index (χ1v) is 5.67. The van der Waals surface area contributed by atoms with Crippen molar-refractivity contribution in [1.82, 2.24) is 4.90 Å². The van der Waals surface area contributed by atoms with Crippen LogP contribution in [0.1, 0.15) is 0 Å². The Kier molecular flexibility index (Phi) is 3.66. The van der Waals surface area contributed by atoms with E-state index in [2.05, 4.69) is 16.8 Å². The molecule has 0 spiro atoms. The van der Waals surface area contributed by atoms with Gasteiger partial charge < -0.3 is 19.8 Å². The van der Waals surface area contributed by atoms with Crippen LogP contribution in [0.2, 0.25) is 0 Å². The van der Waals surface area contributed by atoms with Crippen LogP contribution in [-0.4, -0.2) is 55.3 Å². The van der Waals surface area contributed by atoms with E-state index in [0.717, 1.165) is 31.9 Å². The largest absolute Gasteiger partial charge is 0.491 e. The SMILES string of the molecule is CN1CCN(c2ccc(F)c(B(O)O)c2)CC1. The van der Waals surface area contributed by atoms with Gasteiger partial charge in [0.25, 0.3) is 0 Å². The Bertz CT molecular complexity index is 395. The molecular weight excluding hydrogens is 222 g/mol. The number of rotatable bonds is 2. The predicted octanol–water partition coefficient (Wildman–Crippen LogP) is -0.743. The van der Waals surface area contributed by atoms with Crippen LogP contribution in [0.3, 0.4) is 0 Å². The third-order valence-corrected chi connectivity index (χ3v) is 3.13. The van der Waals surface area contributed by atoms with Crippen molar-refractivity contribution in [3.8, 4) is 0 Å². The topological polar surface area (TPSA) is 46.9 Å². The number of nitrogens with zero attached hydrogens (tertiary/aromatic N) is 2. The summed E-state index contributed by atoms with van der Waals surface area (Å²) in [6, 6.07) is 4.46. The minimum Gasteiger partial charge on any atom is -0.423 e. The van der Waals surface area contributed by atoms with Crippen molar-refractivity contribution in [3.05, 3.63) is 24.0 Å². The molecule has 2 rings (SSSR count). The molecule has 1 fully saturated rings. The molecule has 17 heavy (non-hydrogen) atoms. The zero-order valence-electron chi connectivity index (χ0n) is 9.80. The summed E-state index contributed by atoms with van der Waals surface area (Å²) in [5, 5.41) is 18.1. The Labute approximate surface area is 100 Å². The lowest BCUT2D eigenvalue weighted by Crippen LogP contribution is -2.45. The van der Waals surface area contributed by atoms with Crippen molar-refractivity contribution in [2.75, 3.05) is 38.1 Å². The van der Waals surface area contributed by atoms with Gasteiger partial charge in [-0.05, 0) is 25.2 Å². The van der Waals surface area contributed by atoms with Gasteiger partial charge in [0.15, 0.2) is 0 Å². The fourth-order valence-electron chi connectivity index (χ4n) is 1.99. The van der Waals surface area contributed by atoms with Gasteiger partial charge in [0.2, 0.25) is 0 Å². The van der Waals surface area contributed by atoms with E-state index in [1.807, 2.05) is 0 Å². The molecule has 1 heterocycles. The van der Waals surface area contributed by atoms with Gasteiger partial charge in [-0.25, -0.2) is 4.39 Å². The summed E-state index contributed by atoms with van der Waals surface area (Å²) in [4.78, 5) is 4.34. The Morgan fingerprint density at radius 2 is 1.82 bits per heavy atom. The molecule has 4 nitrogen and oxygen atoms in total. The maximum absolute atomic E-state index is 13.3. The van der Waals surface area contributed by atoms with E-state index >= 15 is 0 Å². The van der Waals surface area contributed by atoms with E-state index < -0.39 is 12.9 Å². The quantitative estimate of drug-likeness (QED) is 0.666. The normalized spacial score (nSPS) is 17.3. The second-order valence-electron chi connectivity index (χ2n) is 4.37. The first kappa shape index (κ1) is 12.4. The first-order chi connectivity index (χ1) is 8.08. The Morgan fingerprint density at radius 1 is 1.18 bits per heavy atom. The highest BCUT2D eigenvalue weighted by Gasteiger charge is 2.20. The minimum absolute atomic E-state index is 0.0681. The maximum atomic E-state index is 13.3. The molecule has 1 aliphatic heterocycles. The number of anilines is 1. The molecule has 0 amide bonds. The zero-order valence-corrected chi connectivity index (χ0v) is 9.80. The number of hydrogen-bond donors (Lipinski definition) is 2. The molecule has 1 aliphatic rings. The van der Waals surface area contributed by atoms with Crippen LogP contribution in [0.4, 0.5) is 10.1 Å². The van der Waals surface area contributed by atoms with Crippen LogP contribution in [0.15, 0.2) is 18.2 Å². The molecule has 0 saturated carbocycles. The van der Waals surface area contributed by atoms with Gasteiger partial charge in [-0.15, -0.1) is 0 Å². The zero-order chi connectivity index (χ0) is 12.4. The van der Waals surface area contributed by atoms with Crippen molar-refractivity contribution in [2.24, 2.45) is 0 Å². The molecule has 0 unspecified atom stereocenters. The molecule has 0 radical (unpaired) electrons. The number of likely N-dealkylation sites (N-methyl/N-ethyl adjacent to an activating group) is 1. The highest BCUT2D eigenvalue weighted by Crippen LogP contribution is 2.15.